The Morgan fingerprint density at radius 2 is 2.21 bits per heavy atom. The van der Waals surface area contributed by atoms with Crippen molar-refractivity contribution in [2.45, 2.75) is 13.3 Å². The van der Waals surface area contributed by atoms with Crippen LogP contribution in [0.1, 0.15) is 11.9 Å². The fraction of sp³-hybridized carbons (Fsp3) is 0.375. The lowest BCUT2D eigenvalue weighted by Gasteiger charge is -1.92. The number of thiazole rings is 1. The van der Waals surface area contributed by atoms with Crippen LogP contribution in [0.4, 0.5) is 0 Å². The molecule has 2 rings (SSSR count). The van der Waals surface area contributed by atoms with Gasteiger partial charge < -0.3 is 0 Å². The van der Waals surface area contributed by atoms with Gasteiger partial charge >= 0.3 is 5.69 Å². The van der Waals surface area contributed by atoms with Crippen molar-refractivity contribution in [2.75, 3.05) is 0 Å². The second kappa shape index (κ2) is 3.06. The molecule has 0 unspecified atom stereocenters. The largest absolute Gasteiger partial charge is 0.329 e. The van der Waals surface area contributed by atoms with Crippen molar-refractivity contribution in [3.05, 3.63) is 25.8 Å². The molecule has 2 aromatic rings. The molecule has 74 valence electrons. The molecule has 0 aliphatic heterocycles. The molecule has 0 saturated carbocycles. The molecule has 0 saturated heterocycles. The molecule has 0 amide bonds. The number of H-pyrrole nitrogens is 1. The molecule has 0 bridgehead atoms. The first-order valence-corrected chi connectivity index (χ1v) is 5.04. The van der Waals surface area contributed by atoms with Gasteiger partial charge in [-0.3, -0.25) is 14.3 Å². The van der Waals surface area contributed by atoms with Crippen LogP contribution in [0.15, 0.2) is 9.59 Å². The zero-order valence-corrected chi connectivity index (χ0v) is 8.64. The maximum Gasteiger partial charge on any atom is 0.329 e. The standard InChI is InChI=1S/C8H9N3O2S/c1-3-4-9-6-5(14-4)7(12)11(2)8(13)10-6/h3H2,1-2H3,(H,10,13). The predicted octanol–water partition coefficient (Wildman–Crippen LogP) is 0.246. The molecule has 2 heterocycles. The first-order chi connectivity index (χ1) is 6.63. The van der Waals surface area contributed by atoms with E-state index in [2.05, 4.69) is 9.97 Å². The molecular formula is C8H9N3O2S. The highest BCUT2D eigenvalue weighted by atomic mass is 32.1. The summed E-state index contributed by atoms with van der Waals surface area (Å²) in [5, 5.41) is 0.860. The van der Waals surface area contributed by atoms with Crippen molar-refractivity contribution in [1.82, 2.24) is 14.5 Å². The van der Waals surface area contributed by atoms with Crippen LogP contribution in [0.5, 0.6) is 0 Å². The summed E-state index contributed by atoms with van der Waals surface area (Å²) in [5.74, 6) is 0. The Morgan fingerprint density at radius 1 is 1.50 bits per heavy atom. The SMILES string of the molecule is CCc1nc2[nH]c(=O)n(C)c(=O)c2s1. The minimum Gasteiger partial charge on any atom is -0.290 e. The van der Waals surface area contributed by atoms with Gasteiger partial charge in [0.1, 0.15) is 4.70 Å². The maximum atomic E-state index is 11.6. The van der Waals surface area contributed by atoms with Crippen LogP contribution in [0.3, 0.4) is 0 Å². The van der Waals surface area contributed by atoms with Gasteiger partial charge in [-0.05, 0) is 6.42 Å². The van der Waals surface area contributed by atoms with Crippen LogP contribution < -0.4 is 11.2 Å². The minimum atomic E-state index is -0.421. The van der Waals surface area contributed by atoms with Gasteiger partial charge in [-0.2, -0.15) is 0 Å². The molecule has 0 atom stereocenters. The van der Waals surface area contributed by atoms with E-state index in [1.807, 2.05) is 6.92 Å². The lowest BCUT2D eigenvalue weighted by Crippen LogP contribution is -2.31. The molecule has 6 heteroatoms. The number of aromatic nitrogens is 3. The quantitative estimate of drug-likeness (QED) is 0.735. The number of rotatable bonds is 1. The Kier molecular flexibility index (Phi) is 1.99. The second-order valence-corrected chi connectivity index (χ2v) is 4.02. The zero-order chi connectivity index (χ0) is 10.3. The average Bonchev–Trinajstić information content (AvgIpc) is 2.57. The number of hydrogen-bond acceptors (Lipinski definition) is 4. The molecule has 0 radical (unpaired) electrons. The van der Waals surface area contributed by atoms with E-state index in [4.69, 9.17) is 0 Å². The van der Waals surface area contributed by atoms with E-state index in [0.29, 0.717) is 10.3 Å². The first-order valence-electron chi connectivity index (χ1n) is 4.22. The number of fused-ring (bicyclic) bond motifs is 1. The van der Waals surface area contributed by atoms with Crippen molar-refractivity contribution in [3.63, 3.8) is 0 Å². The highest BCUT2D eigenvalue weighted by molar-refractivity contribution is 7.18. The monoisotopic (exact) mass is 211 g/mol. The molecule has 2 aromatic heterocycles. The highest BCUT2D eigenvalue weighted by Crippen LogP contribution is 2.15. The van der Waals surface area contributed by atoms with Crippen molar-refractivity contribution >= 4 is 21.7 Å². The van der Waals surface area contributed by atoms with E-state index in [1.54, 1.807) is 0 Å². The number of hydrogen-bond donors (Lipinski definition) is 1. The fourth-order valence-corrected chi connectivity index (χ4v) is 2.11. The van der Waals surface area contributed by atoms with Crippen molar-refractivity contribution in [2.24, 2.45) is 7.05 Å². The van der Waals surface area contributed by atoms with E-state index in [-0.39, 0.29) is 5.56 Å². The van der Waals surface area contributed by atoms with Gasteiger partial charge in [-0.15, -0.1) is 11.3 Å². The van der Waals surface area contributed by atoms with Gasteiger partial charge in [0, 0.05) is 7.05 Å². The van der Waals surface area contributed by atoms with Gasteiger partial charge in [-0.1, -0.05) is 6.92 Å². The number of aromatic amines is 1. The molecule has 0 fully saturated rings. The number of aryl methyl sites for hydroxylation is 1. The first kappa shape index (κ1) is 9.14. The van der Waals surface area contributed by atoms with E-state index >= 15 is 0 Å². The molecular weight excluding hydrogens is 202 g/mol. The molecule has 1 N–H and O–H groups in total. The van der Waals surface area contributed by atoms with Crippen LogP contribution in [0.25, 0.3) is 10.3 Å². The van der Waals surface area contributed by atoms with Crippen LogP contribution in [-0.2, 0) is 13.5 Å². The molecule has 0 spiro atoms. The van der Waals surface area contributed by atoms with Gasteiger partial charge in [-0.25, -0.2) is 9.78 Å². The fourth-order valence-electron chi connectivity index (χ4n) is 1.18. The van der Waals surface area contributed by atoms with Crippen molar-refractivity contribution < 1.29 is 0 Å². The molecule has 14 heavy (non-hydrogen) atoms. The lowest BCUT2D eigenvalue weighted by molar-refractivity contribution is 0.793. The van der Waals surface area contributed by atoms with E-state index in [1.165, 1.54) is 18.4 Å². The number of nitrogens with zero attached hydrogens (tertiary/aromatic N) is 2. The highest BCUT2D eigenvalue weighted by Gasteiger charge is 2.09. The van der Waals surface area contributed by atoms with E-state index in [9.17, 15) is 9.59 Å². The Hall–Kier alpha value is -1.43. The van der Waals surface area contributed by atoms with E-state index in [0.717, 1.165) is 16.0 Å². The third-order valence-electron chi connectivity index (χ3n) is 2.00. The summed E-state index contributed by atoms with van der Waals surface area (Å²) >= 11 is 1.33. The molecule has 0 aliphatic carbocycles. The van der Waals surface area contributed by atoms with Crippen LogP contribution in [0.2, 0.25) is 0 Å². The normalized spacial score (nSPS) is 11.0. The second-order valence-electron chi connectivity index (χ2n) is 2.93. The summed E-state index contributed by atoms with van der Waals surface area (Å²) in [6, 6.07) is 0. The number of nitrogens with one attached hydrogen (secondary N) is 1. The predicted molar refractivity (Wildman–Crippen MR) is 54.9 cm³/mol. The van der Waals surface area contributed by atoms with Crippen LogP contribution in [0, 0.1) is 0 Å². The maximum absolute atomic E-state index is 11.6. The Morgan fingerprint density at radius 3 is 2.86 bits per heavy atom. The van der Waals surface area contributed by atoms with Crippen molar-refractivity contribution in [1.29, 1.82) is 0 Å². The van der Waals surface area contributed by atoms with Gasteiger partial charge in [0.15, 0.2) is 5.65 Å². The smallest absolute Gasteiger partial charge is 0.290 e. The Balaban J connectivity index is 2.95. The Labute approximate surface area is 83.0 Å². The molecule has 0 aromatic carbocycles. The van der Waals surface area contributed by atoms with Crippen molar-refractivity contribution in [3.8, 4) is 0 Å². The van der Waals surface area contributed by atoms with Gasteiger partial charge in [0.05, 0.1) is 5.01 Å². The van der Waals surface area contributed by atoms with E-state index < -0.39 is 5.69 Å². The Bertz CT molecular complexity index is 593. The minimum absolute atomic E-state index is 0.277. The van der Waals surface area contributed by atoms with Gasteiger partial charge in [0.2, 0.25) is 0 Å². The van der Waals surface area contributed by atoms with Gasteiger partial charge in [0.25, 0.3) is 5.56 Å². The lowest BCUT2D eigenvalue weighted by atomic mass is 10.5. The average molecular weight is 211 g/mol. The third-order valence-corrected chi connectivity index (χ3v) is 3.19. The molecule has 0 aliphatic rings. The summed E-state index contributed by atoms with van der Waals surface area (Å²) in [5.41, 5.74) is -0.295. The summed E-state index contributed by atoms with van der Waals surface area (Å²) in [7, 11) is 1.45. The summed E-state index contributed by atoms with van der Waals surface area (Å²) < 4.78 is 1.57. The third kappa shape index (κ3) is 1.19. The summed E-state index contributed by atoms with van der Waals surface area (Å²) in [6.45, 7) is 1.96. The topological polar surface area (TPSA) is 67.8 Å². The van der Waals surface area contributed by atoms with Crippen LogP contribution in [-0.4, -0.2) is 14.5 Å². The zero-order valence-electron chi connectivity index (χ0n) is 7.83. The van der Waals surface area contributed by atoms with Crippen LogP contribution >= 0.6 is 11.3 Å². The summed E-state index contributed by atoms with van der Waals surface area (Å²) in [4.78, 5) is 29.5. The molecule has 5 nitrogen and oxygen atoms in total. The summed E-state index contributed by atoms with van der Waals surface area (Å²) in [6.07, 6.45) is 0.768.